The average Bonchev–Trinajstić information content (AvgIpc) is 2.42. The summed E-state index contributed by atoms with van der Waals surface area (Å²) in [6.07, 6.45) is -1.82. The molecule has 0 aliphatic heterocycles. The van der Waals surface area contributed by atoms with Gasteiger partial charge in [0.25, 0.3) is 0 Å². The van der Waals surface area contributed by atoms with E-state index in [1.165, 1.54) is 0 Å². The molecule has 1 aromatic carbocycles. The summed E-state index contributed by atoms with van der Waals surface area (Å²) in [5.41, 5.74) is 0.849. The van der Waals surface area contributed by atoms with Crippen LogP contribution >= 0.6 is 0 Å². The second-order valence-electron chi connectivity index (χ2n) is 4.39. The molecular formula is C14H19NO5. The van der Waals surface area contributed by atoms with Crippen molar-refractivity contribution in [2.75, 3.05) is 0 Å². The number of rotatable bonds is 7. The number of hydrogen-bond donors (Lipinski definition) is 3. The van der Waals surface area contributed by atoms with Crippen LogP contribution in [0.5, 0.6) is 0 Å². The Balaban J connectivity index is 2.41. The van der Waals surface area contributed by atoms with Gasteiger partial charge in [0.05, 0.1) is 18.6 Å². The first-order valence-electron chi connectivity index (χ1n) is 6.40. The largest absolute Gasteiger partial charge is 0.481 e. The SMILES string of the molecule is CC[C@H](NC(=O)OCc1ccccc1)C(O)CC(=O)O. The van der Waals surface area contributed by atoms with Gasteiger partial charge in [0.15, 0.2) is 0 Å². The normalized spacial score (nSPS) is 13.3. The van der Waals surface area contributed by atoms with Crippen LogP contribution in [-0.4, -0.2) is 34.4 Å². The van der Waals surface area contributed by atoms with Crippen LogP contribution in [-0.2, 0) is 16.1 Å². The van der Waals surface area contributed by atoms with Gasteiger partial charge >= 0.3 is 12.1 Å². The quantitative estimate of drug-likeness (QED) is 0.704. The van der Waals surface area contributed by atoms with Gasteiger partial charge in [-0.1, -0.05) is 37.3 Å². The minimum atomic E-state index is -1.14. The van der Waals surface area contributed by atoms with Gasteiger partial charge in [0.1, 0.15) is 6.61 Å². The number of carboxylic acids is 1. The Labute approximate surface area is 117 Å². The lowest BCUT2D eigenvalue weighted by molar-refractivity contribution is -0.139. The van der Waals surface area contributed by atoms with Crippen molar-refractivity contribution in [3.05, 3.63) is 35.9 Å². The summed E-state index contributed by atoms with van der Waals surface area (Å²) in [6.45, 7) is 1.87. The molecule has 0 aliphatic rings. The molecule has 0 spiro atoms. The molecule has 3 N–H and O–H groups in total. The van der Waals surface area contributed by atoms with Crippen molar-refractivity contribution >= 4 is 12.1 Å². The van der Waals surface area contributed by atoms with Crippen LogP contribution in [0, 0.1) is 0 Å². The summed E-state index contributed by atoms with van der Waals surface area (Å²) in [5.74, 6) is -1.12. The number of alkyl carbamates (subject to hydrolysis) is 1. The van der Waals surface area contributed by atoms with Gasteiger partial charge in [-0.25, -0.2) is 4.79 Å². The second-order valence-corrected chi connectivity index (χ2v) is 4.39. The van der Waals surface area contributed by atoms with E-state index in [0.29, 0.717) is 6.42 Å². The molecule has 2 atom stereocenters. The predicted molar refractivity (Wildman–Crippen MR) is 72.1 cm³/mol. The Morgan fingerprint density at radius 1 is 1.30 bits per heavy atom. The minimum Gasteiger partial charge on any atom is -0.481 e. The van der Waals surface area contributed by atoms with Gasteiger partial charge in [-0.2, -0.15) is 0 Å². The zero-order chi connectivity index (χ0) is 15.0. The average molecular weight is 281 g/mol. The van der Waals surface area contributed by atoms with Gasteiger partial charge in [-0.15, -0.1) is 0 Å². The number of aliphatic carboxylic acids is 1. The van der Waals surface area contributed by atoms with Crippen molar-refractivity contribution in [3.8, 4) is 0 Å². The maximum Gasteiger partial charge on any atom is 0.407 e. The summed E-state index contributed by atoms with van der Waals surface area (Å²) < 4.78 is 5.01. The van der Waals surface area contributed by atoms with E-state index in [1.54, 1.807) is 6.92 Å². The molecule has 0 saturated heterocycles. The van der Waals surface area contributed by atoms with Crippen LogP contribution < -0.4 is 5.32 Å². The zero-order valence-corrected chi connectivity index (χ0v) is 11.3. The molecule has 1 rings (SSSR count). The molecule has 20 heavy (non-hydrogen) atoms. The maximum absolute atomic E-state index is 11.6. The molecule has 0 aliphatic carbocycles. The molecule has 0 radical (unpaired) electrons. The van der Waals surface area contributed by atoms with E-state index in [0.717, 1.165) is 5.56 Å². The fraction of sp³-hybridized carbons (Fsp3) is 0.429. The third-order valence-corrected chi connectivity index (χ3v) is 2.80. The number of ether oxygens (including phenoxy) is 1. The third kappa shape index (κ3) is 5.71. The molecule has 1 aromatic rings. The molecule has 0 saturated carbocycles. The third-order valence-electron chi connectivity index (χ3n) is 2.80. The van der Waals surface area contributed by atoms with Crippen molar-refractivity contribution in [1.29, 1.82) is 0 Å². The highest BCUT2D eigenvalue weighted by Crippen LogP contribution is 2.05. The highest BCUT2D eigenvalue weighted by Gasteiger charge is 2.22. The first-order chi connectivity index (χ1) is 9.52. The Hall–Kier alpha value is -2.08. The molecule has 6 heteroatoms. The number of hydrogen-bond acceptors (Lipinski definition) is 4. The minimum absolute atomic E-state index is 0.123. The molecule has 0 bridgehead atoms. The van der Waals surface area contributed by atoms with Crippen molar-refractivity contribution < 1.29 is 24.5 Å². The molecule has 1 amide bonds. The zero-order valence-electron chi connectivity index (χ0n) is 11.3. The molecule has 0 aromatic heterocycles. The topological polar surface area (TPSA) is 95.9 Å². The van der Waals surface area contributed by atoms with Gasteiger partial charge in [-0.3, -0.25) is 4.79 Å². The molecule has 0 fully saturated rings. The van der Waals surface area contributed by atoms with Gasteiger partial charge in [-0.05, 0) is 12.0 Å². The standard InChI is InChI=1S/C14H19NO5/c1-2-11(12(16)8-13(17)18)15-14(19)20-9-10-6-4-3-5-7-10/h3-7,11-12,16H,2,8-9H2,1H3,(H,15,19)(H,17,18)/t11-,12?/m0/s1. The first kappa shape index (κ1) is 16.0. The Morgan fingerprint density at radius 2 is 1.95 bits per heavy atom. The predicted octanol–water partition coefficient (Wildman–Crippen LogP) is 1.53. The lowest BCUT2D eigenvalue weighted by Crippen LogP contribution is -2.43. The molecule has 0 heterocycles. The van der Waals surface area contributed by atoms with E-state index in [2.05, 4.69) is 5.32 Å². The molecular weight excluding hydrogens is 262 g/mol. The fourth-order valence-corrected chi connectivity index (χ4v) is 1.71. The first-order valence-corrected chi connectivity index (χ1v) is 6.40. The number of amides is 1. The van der Waals surface area contributed by atoms with Crippen LogP contribution in [0.3, 0.4) is 0 Å². The lowest BCUT2D eigenvalue weighted by Gasteiger charge is -2.21. The summed E-state index contributed by atoms with van der Waals surface area (Å²) >= 11 is 0. The highest BCUT2D eigenvalue weighted by atomic mass is 16.5. The molecule has 6 nitrogen and oxygen atoms in total. The number of benzene rings is 1. The van der Waals surface area contributed by atoms with Crippen LogP contribution in [0.2, 0.25) is 0 Å². The van der Waals surface area contributed by atoms with Crippen molar-refractivity contribution in [2.24, 2.45) is 0 Å². The smallest absolute Gasteiger partial charge is 0.407 e. The molecule has 110 valence electrons. The monoisotopic (exact) mass is 281 g/mol. The van der Waals surface area contributed by atoms with E-state index < -0.39 is 30.6 Å². The van der Waals surface area contributed by atoms with E-state index in [1.807, 2.05) is 30.3 Å². The summed E-state index contributed by atoms with van der Waals surface area (Å²) in [7, 11) is 0. The Morgan fingerprint density at radius 3 is 2.50 bits per heavy atom. The number of aliphatic hydroxyl groups is 1. The number of carbonyl (C=O) groups is 2. The Kier molecular flexibility index (Phi) is 6.52. The van der Waals surface area contributed by atoms with E-state index >= 15 is 0 Å². The van der Waals surface area contributed by atoms with Crippen LogP contribution in [0.25, 0.3) is 0 Å². The van der Waals surface area contributed by atoms with Crippen LogP contribution in [0.1, 0.15) is 25.3 Å². The van der Waals surface area contributed by atoms with E-state index in [4.69, 9.17) is 9.84 Å². The van der Waals surface area contributed by atoms with Crippen LogP contribution in [0.15, 0.2) is 30.3 Å². The highest BCUT2D eigenvalue weighted by molar-refractivity contribution is 5.69. The summed E-state index contributed by atoms with van der Waals surface area (Å²) in [5, 5.41) is 20.7. The Bertz CT molecular complexity index is 434. The van der Waals surface area contributed by atoms with E-state index in [-0.39, 0.29) is 6.61 Å². The van der Waals surface area contributed by atoms with Crippen molar-refractivity contribution in [1.82, 2.24) is 5.32 Å². The summed E-state index contributed by atoms with van der Waals surface area (Å²) in [4.78, 5) is 22.1. The lowest BCUT2D eigenvalue weighted by atomic mass is 10.1. The summed E-state index contributed by atoms with van der Waals surface area (Å²) in [6, 6.07) is 8.53. The fourth-order valence-electron chi connectivity index (χ4n) is 1.71. The van der Waals surface area contributed by atoms with E-state index in [9.17, 15) is 14.7 Å². The van der Waals surface area contributed by atoms with Gasteiger partial charge < -0.3 is 20.3 Å². The molecule has 1 unspecified atom stereocenters. The maximum atomic E-state index is 11.6. The number of carboxylic acid groups (broad SMARTS) is 1. The van der Waals surface area contributed by atoms with Gasteiger partial charge in [0.2, 0.25) is 0 Å². The van der Waals surface area contributed by atoms with Crippen LogP contribution in [0.4, 0.5) is 4.79 Å². The second kappa shape index (κ2) is 8.16. The van der Waals surface area contributed by atoms with Gasteiger partial charge in [0, 0.05) is 0 Å². The number of nitrogens with one attached hydrogen (secondary N) is 1. The number of carbonyl (C=O) groups excluding carboxylic acids is 1. The van der Waals surface area contributed by atoms with Crippen molar-refractivity contribution in [3.63, 3.8) is 0 Å². The number of aliphatic hydroxyl groups excluding tert-OH is 1. The van der Waals surface area contributed by atoms with Crippen molar-refractivity contribution in [2.45, 2.75) is 38.5 Å².